The first-order chi connectivity index (χ1) is 8.40. The molecule has 0 saturated carbocycles. The summed E-state index contributed by atoms with van der Waals surface area (Å²) in [6.07, 6.45) is 0.0701. The minimum absolute atomic E-state index is 0.203. The lowest BCUT2D eigenvalue weighted by Gasteiger charge is -2.09. The van der Waals surface area contributed by atoms with Gasteiger partial charge in [0.2, 0.25) is 6.54 Å². The SMILES string of the molecule is Cc1cn(COCC(O)C[N+](=O)[O-])c(=O)[nH]c1=O. The second kappa shape index (κ2) is 6.07. The van der Waals surface area contributed by atoms with Crippen molar-refractivity contribution in [2.24, 2.45) is 0 Å². The van der Waals surface area contributed by atoms with Crippen molar-refractivity contribution in [3.63, 3.8) is 0 Å². The fraction of sp³-hybridized carbons (Fsp3) is 0.556. The van der Waals surface area contributed by atoms with E-state index in [1.807, 2.05) is 0 Å². The molecule has 1 aromatic rings. The van der Waals surface area contributed by atoms with Crippen LogP contribution in [-0.2, 0) is 11.5 Å². The average Bonchev–Trinajstić information content (AvgIpc) is 2.24. The standard InChI is InChI=1S/C9H13N3O6/c1-6-2-11(9(15)10-8(6)14)5-18-4-7(13)3-12(16)17/h2,7,13H,3-5H2,1H3,(H,10,14,15). The quantitative estimate of drug-likeness (QED) is 0.470. The molecule has 9 nitrogen and oxygen atoms in total. The Bertz CT molecular complexity index is 534. The van der Waals surface area contributed by atoms with Gasteiger partial charge in [0.25, 0.3) is 5.56 Å². The van der Waals surface area contributed by atoms with E-state index in [2.05, 4.69) is 4.98 Å². The topological polar surface area (TPSA) is 127 Å². The molecule has 1 unspecified atom stereocenters. The Kier molecular flexibility index (Phi) is 4.75. The van der Waals surface area contributed by atoms with Gasteiger partial charge in [0, 0.05) is 16.7 Å². The first-order valence-corrected chi connectivity index (χ1v) is 5.08. The van der Waals surface area contributed by atoms with E-state index in [4.69, 9.17) is 9.84 Å². The number of aromatic amines is 1. The van der Waals surface area contributed by atoms with Crippen LogP contribution in [0.2, 0.25) is 0 Å². The van der Waals surface area contributed by atoms with Crippen LogP contribution < -0.4 is 11.2 Å². The molecule has 0 radical (unpaired) electrons. The smallest absolute Gasteiger partial charge is 0.330 e. The van der Waals surface area contributed by atoms with Gasteiger partial charge >= 0.3 is 5.69 Å². The fourth-order valence-corrected chi connectivity index (χ4v) is 1.23. The van der Waals surface area contributed by atoms with Crippen LogP contribution in [-0.4, -0.2) is 38.8 Å². The molecule has 9 heteroatoms. The number of aliphatic hydroxyl groups excluding tert-OH is 1. The number of ether oxygens (including phenoxy) is 1. The van der Waals surface area contributed by atoms with Crippen LogP contribution >= 0.6 is 0 Å². The minimum Gasteiger partial charge on any atom is -0.384 e. The fourth-order valence-electron chi connectivity index (χ4n) is 1.23. The van der Waals surface area contributed by atoms with Crippen LogP contribution in [0.25, 0.3) is 0 Å². The van der Waals surface area contributed by atoms with Crippen LogP contribution in [0.3, 0.4) is 0 Å². The lowest BCUT2D eigenvalue weighted by molar-refractivity contribution is -0.491. The number of hydrogen-bond donors (Lipinski definition) is 2. The largest absolute Gasteiger partial charge is 0.384 e. The van der Waals surface area contributed by atoms with Gasteiger partial charge in [-0.1, -0.05) is 0 Å². The molecule has 0 saturated heterocycles. The number of nitrogens with zero attached hydrogens (tertiary/aromatic N) is 2. The summed E-state index contributed by atoms with van der Waals surface area (Å²) in [7, 11) is 0. The first-order valence-electron chi connectivity index (χ1n) is 5.08. The highest BCUT2D eigenvalue weighted by Gasteiger charge is 2.11. The van der Waals surface area contributed by atoms with Gasteiger partial charge in [0.15, 0.2) is 0 Å². The highest BCUT2D eigenvalue weighted by atomic mass is 16.6. The number of H-pyrrole nitrogens is 1. The molecule has 2 N–H and O–H groups in total. The molecule has 0 aliphatic heterocycles. The average molecular weight is 259 g/mol. The monoisotopic (exact) mass is 259 g/mol. The Hall–Kier alpha value is -2.00. The van der Waals surface area contributed by atoms with Gasteiger partial charge in [-0.2, -0.15) is 0 Å². The lowest BCUT2D eigenvalue weighted by atomic mass is 10.4. The van der Waals surface area contributed by atoms with Crippen molar-refractivity contribution in [3.8, 4) is 0 Å². The van der Waals surface area contributed by atoms with E-state index in [0.29, 0.717) is 5.56 Å². The van der Waals surface area contributed by atoms with Crippen molar-refractivity contribution in [3.05, 3.63) is 42.7 Å². The van der Waals surface area contributed by atoms with Gasteiger partial charge in [-0.25, -0.2) is 4.79 Å². The maximum absolute atomic E-state index is 11.3. The summed E-state index contributed by atoms with van der Waals surface area (Å²) in [5, 5.41) is 19.2. The van der Waals surface area contributed by atoms with E-state index >= 15 is 0 Å². The van der Waals surface area contributed by atoms with Crippen molar-refractivity contribution in [1.82, 2.24) is 9.55 Å². The number of nitrogens with one attached hydrogen (secondary N) is 1. The van der Waals surface area contributed by atoms with Gasteiger partial charge in [0.1, 0.15) is 12.8 Å². The Morgan fingerprint density at radius 3 is 2.89 bits per heavy atom. The van der Waals surface area contributed by atoms with Crippen molar-refractivity contribution in [2.75, 3.05) is 13.2 Å². The summed E-state index contributed by atoms with van der Waals surface area (Å²) in [5.41, 5.74) is -0.789. The molecule has 0 aliphatic rings. The predicted molar refractivity (Wildman–Crippen MR) is 59.9 cm³/mol. The van der Waals surface area contributed by atoms with Crippen LogP contribution in [0.1, 0.15) is 5.56 Å². The predicted octanol–water partition coefficient (Wildman–Crippen LogP) is -1.54. The summed E-state index contributed by atoms with van der Waals surface area (Å²) in [4.78, 5) is 33.9. The highest BCUT2D eigenvalue weighted by Crippen LogP contribution is 1.90. The number of aliphatic hydroxyl groups is 1. The first kappa shape index (κ1) is 14.1. The highest BCUT2D eigenvalue weighted by molar-refractivity contribution is 5.00. The maximum atomic E-state index is 11.3. The van der Waals surface area contributed by atoms with Gasteiger partial charge in [-0.15, -0.1) is 0 Å². The number of rotatable bonds is 6. The summed E-state index contributed by atoms with van der Waals surface area (Å²) < 4.78 is 6.04. The van der Waals surface area contributed by atoms with E-state index < -0.39 is 28.8 Å². The Labute approximate surface area is 101 Å². The third-order valence-corrected chi connectivity index (χ3v) is 2.09. The van der Waals surface area contributed by atoms with Crippen LogP contribution in [0.15, 0.2) is 15.8 Å². The zero-order chi connectivity index (χ0) is 13.7. The van der Waals surface area contributed by atoms with Crippen molar-refractivity contribution >= 4 is 0 Å². The normalized spacial score (nSPS) is 12.3. The zero-order valence-electron chi connectivity index (χ0n) is 9.66. The minimum atomic E-state index is -1.24. The molecule has 1 heterocycles. The van der Waals surface area contributed by atoms with Crippen LogP contribution in [0.5, 0.6) is 0 Å². The molecule has 0 aromatic carbocycles. The molecule has 1 atom stereocenters. The van der Waals surface area contributed by atoms with Crippen molar-refractivity contribution < 1.29 is 14.8 Å². The molecule has 0 amide bonds. The van der Waals surface area contributed by atoms with E-state index in [9.17, 15) is 19.7 Å². The molecule has 1 rings (SSSR count). The summed E-state index contributed by atoms with van der Waals surface area (Å²) in [6, 6.07) is 0. The van der Waals surface area contributed by atoms with E-state index in [1.54, 1.807) is 0 Å². The number of nitro groups is 1. The summed E-state index contributed by atoms with van der Waals surface area (Å²) in [6.45, 7) is 0.423. The third-order valence-electron chi connectivity index (χ3n) is 2.09. The molecular weight excluding hydrogens is 246 g/mol. The molecule has 0 aliphatic carbocycles. The molecule has 0 spiro atoms. The number of hydrogen-bond acceptors (Lipinski definition) is 6. The second-order valence-electron chi connectivity index (χ2n) is 3.71. The van der Waals surface area contributed by atoms with Gasteiger partial charge in [-0.3, -0.25) is 24.5 Å². The lowest BCUT2D eigenvalue weighted by Crippen LogP contribution is -2.32. The Morgan fingerprint density at radius 2 is 2.28 bits per heavy atom. The van der Waals surface area contributed by atoms with Gasteiger partial charge in [0.05, 0.1) is 6.61 Å². The maximum Gasteiger partial charge on any atom is 0.330 e. The van der Waals surface area contributed by atoms with Gasteiger partial charge in [-0.05, 0) is 6.92 Å². The van der Waals surface area contributed by atoms with Gasteiger partial charge < -0.3 is 9.84 Å². The molecule has 18 heavy (non-hydrogen) atoms. The van der Waals surface area contributed by atoms with Crippen molar-refractivity contribution in [2.45, 2.75) is 19.8 Å². The molecule has 100 valence electrons. The van der Waals surface area contributed by atoms with E-state index in [0.717, 1.165) is 4.57 Å². The Balaban J connectivity index is 2.54. The molecule has 1 aromatic heterocycles. The third kappa shape index (κ3) is 4.11. The second-order valence-corrected chi connectivity index (χ2v) is 3.71. The molecule has 0 fully saturated rings. The van der Waals surface area contributed by atoms with Crippen molar-refractivity contribution in [1.29, 1.82) is 0 Å². The number of aromatic nitrogens is 2. The summed E-state index contributed by atoms with van der Waals surface area (Å²) in [5.74, 6) is 0. The molecular formula is C9H13N3O6. The van der Waals surface area contributed by atoms with Crippen LogP contribution in [0, 0.1) is 17.0 Å². The van der Waals surface area contributed by atoms with E-state index in [1.165, 1.54) is 13.1 Å². The molecule has 0 bridgehead atoms. The van der Waals surface area contributed by atoms with E-state index in [-0.39, 0.29) is 13.3 Å². The Morgan fingerprint density at radius 1 is 1.61 bits per heavy atom. The van der Waals surface area contributed by atoms with Crippen LogP contribution in [0.4, 0.5) is 0 Å². The number of aryl methyl sites for hydroxylation is 1. The zero-order valence-corrected chi connectivity index (χ0v) is 9.66. The summed E-state index contributed by atoms with van der Waals surface area (Å²) >= 11 is 0.